The third kappa shape index (κ3) is 4.60. The lowest BCUT2D eigenvalue weighted by Gasteiger charge is -2.04. The molecule has 0 radical (unpaired) electrons. The van der Waals surface area contributed by atoms with Crippen molar-refractivity contribution in [3.8, 4) is 0 Å². The van der Waals surface area contributed by atoms with E-state index in [4.69, 9.17) is 10.00 Å². The molecule has 0 aromatic carbocycles. The average molecular weight is 154 g/mol. The fourth-order valence-corrected chi connectivity index (χ4v) is 1.29. The first kappa shape index (κ1) is 9.11. The number of hydrogen-bond donors (Lipinski definition) is 3. The van der Waals surface area contributed by atoms with Crippen LogP contribution in [0.1, 0.15) is 6.42 Å². The van der Waals surface area contributed by atoms with Gasteiger partial charge in [-0.2, -0.15) is 0 Å². The minimum atomic E-state index is -3.17. The normalized spacial score (nSPS) is 17.2. The smallest absolute Gasteiger partial charge is 0.225 e. The molecule has 0 saturated carbocycles. The summed E-state index contributed by atoms with van der Waals surface area (Å²) in [6, 6.07) is 0. The quantitative estimate of drug-likeness (QED) is 0.446. The maximum Gasteiger partial charge on any atom is 0.225 e. The number of aliphatic hydroxyl groups excluding tert-OH is 1. The molecule has 1 unspecified atom stereocenters. The Bertz CT molecular complexity index is 116. The van der Waals surface area contributed by atoms with E-state index in [9.17, 15) is 4.57 Å². The highest BCUT2D eigenvalue weighted by Crippen LogP contribution is 2.38. The Kier molecular flexibility index (Phi) is 4.06. The zero-order chi connectivity index (χ0) is 7.33. The summed E-state index contributed by atoms with van der Waals surface area (Å²) in [5, 5.41) is 8.29. The Balaban J connectivity index is 3.46. The van der Waals surface area contributed by atoms with Gasteiger partial charge in [0.15, 0.2) is 0 Å². The van der Waals surface area contributed by atoms with Crippen molar-refractivity contribution in [2.75, 3.05) is 19.1 Å². The summed E-state index contributed by atoms with van der Waals surface area (Å²) < 4.78 is 10.6. The van der Waals surface area contributed by atoms with Crippen LogP contribution in [-0.2, 0) is 4.57 Å². The molecule has 0 bridgehead atoms. The van der Waals surface area contributed by atoms with Crippen LogP contribution in [0.4, 0.5) is 0 Å². The van der Waals surface area contributed by atoms with Gasteiger partial charge in [0.05, 0.1) is 6.54 Å². The molecule has 0 spiro atoms. The van der Waals surface area contributed by atoms with Gasteiger partial charge in [-0.15, -0.1) is 0 Å². The summed E-state index contributed by atoms with van der Waals surface area (Å²) in [5.74, 6) is 0. The molecule has 0 rings (SSSR count). The van der Waals surface area contributed by atoms with Gasteiger partial charge in [-0.05, 0) is 0 Å². The van der Waals surface area contributed by atoms with Crippen LogP contribution in [0.15, 0.2) is 0 Å². The predicted molar refractivity (Wildman–Crippen MR) is 34.2 cm³/mol. The second-order valence-electron chi connectivity index (χ2n) is 1.92. The van der Waals surface area contributed by atoms with Crippen molar-refractivity contribution in [1.82, 2.24) is 0 Å². The van der Waals surface area contributed by atoms with E-state index in [-0.39, 0.29) is 6.16 Å². The highest BCUT2D eigenvalue weighted by atomic mass is 31.2. The van der Waals surface area contributed by atoms with Crippen molar-refractivity contribution in [2.45, 2.75) is 6.42 Å². The van der Waals surface area contributed by atoms with Crippen LogP contribution in [0.25, 0.3) is 0 Å². The zero-order valence-electron chi connectivity index (χ0n) is 5.29. The summed E-state index contributed by atoms with van der Waals surface area (Å²) >= 11 is 0. The standard InChI is InChI=1S/C4H12NO3P/c5-2-1-3-9(7,8)4-6/h6H,1-5H2,(H,7,8)/p+1. The predicted octanol–water partition coefficient (Wildman–Crippen LogP) is -1.16. The molecule has 0 aromatic rings. The van der Waals surface area contributed by atoms with E-state index < -0.39 is 13.7 Å². The molecule has 0 aliphatic carbocycles. The van der Waals surface area contributed by atoms with Gasteiger partial charge in [0.2, 0.25) is 7.37 Å². The Morgan fingerprint density at radius 3 is 2.44 bits per heavy atom. The van der Waals surface area contributed by atoms with E-state index in [1.165, 1.54) is 0 Å². The number of rotatable bonds is 4. The van der Waals surface area contributed by atoms with E-state index in [1.54, 1.807) is 0 Å². The first-order valence-corrected chi connectivity index (χ1v) is 4.86. The molecule has 0 aliphatic heterocycles. The molecule has 0 aromatic heterocycles. The number of hydrogen-bond acceptors (Lipinski definition) is 2. The van der Waals surface area contributed by atoms with Crippen LogP contribution < -0.4 is 5.73 Å². The van der Waals surface area contributed by atoms with Gasteiger partial charge in [-0.25, -0.2) is 0 Å². The summed E-state index contributed by atoms with van der Waals surface area (Å²) in [4.78, 5) is 8.73. The lowest BCUT2D eigenvalue weighted by molar-refractivity contribution is -0.367. The van der Waals surface area contributed by atoms with E-state index >= 15 is 0 Å². The molecule has 0 aliphatic rings. The Labute approximate surface area is 54.1 Å². The van der Waals surface area contributed by atoms with Crippen LogP contribution in [0.2, 0.25) is 0 Å². The zero-order valence-corrected chi connectivity index (χ0v) is 6.18. The molecule has 0 fully saturated rings. The summed E-state index contributed by atoms with van der Waals surface area (Å²) in [6.45, 7) is 0.643. The lowest BCUT2D eigenvalue weighted by atomic mass is 10.5. The van der Waals surface area contributed by atoms with Crippen LogP contribution in [0.3, 0.4) is 0 Å². The molecule has 1 atom stereocenters. The Hall–Kier alpha value is 0.110. The van der Waals surface area contributed by atoms with Crippen LogP contribution in [-0.4, -0.2) is 29.1 Å². The molecule has 9 heavy (non-hydrogen) atoms. The van der Waals surface area contributed by atoms with Crippen molar-refractivity contribution in [1.29, 1.82) is 0 Å². The Morgan fingerprint density at radius 2 is 2.11 bits per heavy atom. The minimum absolute atomic E-state index is 0.188. The van der Waals surface area contributed by atoms with Crippen LogP contribution in [0, 0.1) is 0 Å². The SMILES string of the molecule is [NH3+]CCCP(=O)(O)CO. The van der Waals surface area contributed by atoms with Crippen molar-refractivity contribution >= 4 is 7.37 Å². The molecule has 5 N–H and O–H groups in total. The van der Waals surface area contributed by atoms with Gasteiger partial charge in [0.1, 0.15) is 6.35 Å². The molecule has 5 heteroatoms. The summed E-state index contributed by atoms with van der Waals surface area (Å²) in [7, 11) is -3.17. The molecular formula is C4H13NO3P+. The monoisotopic (exact) mass is 154 g/mol. The highest BCUT2D eigenvalue weighted by molar-refractivity contribution is 7.57. The molecule has 0 amide bonds. The fourth-order valence-electron chi connectivity index (χ4n) is 0.430. The topological polar surface area (TPSA) is 85.2 Å². The maximum atomic E-state index is 10.6. The third-order valence-electron chi connectivity index (χ3n) is 0.978. The molecule has 56 valence electrons. The first-order chi connectivity index (χ1) is 4.12. The van der Waals surface area contributed by atoms with Gasteiger partial charge in [-0.3, -0.25) is 4.57 Å². The molecule has 0 heterocycles. The second kappa shape index (κ2) is 4.01. The van der Waals surface area contributed by atoms with E-state index in [0.717, 1.165) is 0 Å². The first-order valence-electron chi connectivity index (χ1n) is 2.83. The molecule has 4 nitrogen and oxygen atoms in total. The van der Waals surface area contributed by atoms with E-state index in [0.29, 0.717) is 13.0 Å². The van der Waals surface area contributed by atoms with E-state index in [1.807, 2.05) is 0 Å². The van der Waals surface area contributed by atoms with Gasteiger partial charge < -0.3 is 15.7 Å². The maximum absolute atomic E-state index is 10.6. The Morgan fingerprint density at radius 1 is 1.56 bits per heavy atom. The van der Waals surface area contributed by atoms with Crippen LogP contribution >= 0.6 is 7.37 Å². The van der Waals surface area contributed by atoms with Gasteiger partial charge >= 0.3 is 0 Å². The third-order valence-corrected chi connectivity index (χ3v) is 2.44. The van der Waals surface area contributed by atoms with Gasteiger partial charge in [0.25, 0.3) is 0 Å². The number of aliphatic hydroxyl groups is 1. The van der Waals surface area contributed by atoms with Gasteiger partial charge in [-0.1, -0.05) is 0 Å². The lowest BCUT2D eigenvalue weighted by Crippen LogP contribution is -2.50. The molecular weight excluding hydrogens is 141 g/mol. The van der Waals surface area contributed by atoms with Crippen molar-refractivity contribution in [3.05, 3.63) is 0 Å². The van der Waals surface area contributed by atoms with Crippen LogP contribution in [0.5, 0.6) is 0 Å². The minimum Gasteiger partial charge on any atom is -0.386 e. The number of quaternary nitrogens is 1. The van der Waals surface area contributed by atoms with Crippen molar-refractivity contribution in [2.24, 2.45) is 0 Å². The van der Waals surface area contributed by atoms with Crippen molar-refractivity contribution in [3.63, 3.8) is 0 Å². The van der Waals surface area contributed by atoms with Gasteiger partial charge in [0, 0.05) is 12.6 Å². The molecule has 0 saturated heterocycles. The summed E-state index contributed by atoms with van der Waals surface area (Å²) in [6.07, 6.45) is 0.189. The fraction of sp³-hybridized carbons (Fsp3) is 1.00. The van der Waals surface area contributed by atoms with E-state index in [2.05, 4.69) is 5.73 Å². The second-order valence-corrected chi connectivity index (χ2v) is 4.34. The largest absolute Gasteiger partial charge is 0.386 e. The van der Waals surface area contributed by atoms with Crippen molar-refractivity contribution < 1.29 is 20.3 Å². The average Bonchev–Trinajstić information content (AvgIpc) is 1.84. The highest BCUT2D eigenvalue weighted by Gasteiger charge is 2.14. The summed E-state index contributed by atoms with van der Waals surface area (Å²) in [5.41, 5.74) is 3.51.